The summed E-state index contributed by atoms with van der Waals surface area (Å²) in [5.74, 6) is -0.633. The number of H-pyrrole nitrogens is 1. The fourth-order valence-corrected chi connectivity index (χ4v) is 4.50. The highest BCUT2D eigenvalue weighted by Gasteiger charge is 2.32. The number of fused-ring (bicyclic) bond motifs is 2. The fraction of sp³-hybridized carbons (Fsp3) is 0.188. The number of hydrogen-bond acceptors (Lipinski definition) is 5. The number of sulfonamides is 1. The summed E-state index contributed by atoms with van der Waals surface area (Å²) in [5.41, 5.74) is 1.67. The maximum Gasteiger partial charge on any atom is 0.417 e. The van der Waals surface area contributed by atoms with Crippen molar-refractivity contribution >= 4 is 26.8 Å². The number of hydrogen-bond donors (Lipinski definition) is 2. The van der Waals surface area contributed by atoms with Crippen molar-refractivity contribution in [3.05, 3.63) is 58.6 Å². The van der Waals surface area contributed by atoms with Crippen molar-refractivity contribution in [1.82, 2.24) is 4.98 Å². The highest BCUT2D eigenvalue weighted by Crippen LogP contribution is 2.37. The summed E-state index contributed by atoms with van der Waals surface area (Å²) in [7, 11) is -3.83. The van der Waals surface area contributed by atoms with Crippen molar-refractivity contribution in [1.29, 1.82) is 0 Å². The molecular formula is C16H14N2O5S. The van der Waals surface area contributed by atoms with Crippen LogP contribution >= 0.6 is 0 Å². The zero-order valence-corrected chi connectivity index (χ0v) is 13.3. The molecule has 24 heavy (non-hydrogen) atoms. The Balaban J connectivity index is 1.85. The Labute approximate surface area is 137 Å². The van der Waals surface area contributed by atoms with Crippen molar-refractivity contribution in [2.24, 2.45) is 0 Å². The highest BCUT2D eigenvalue weighted by atomic mass is 32.2. The van der Waals surface area contributed by atoms with Crippen LogP contribution in [-0.2, 0) is 10.0 Å². The number of oxazole rings is 1. The van der Waals surface area contributed by atoms with Gasteiger partial charge >= 0.3 is 5.76 Å². The lowest BCUT2D eigenvalue weighted by Crippen LogP contribution is -2.36. The molecule has 2 N–H and O–H groups in total. The molecule has 7 nitrogen and oxygen atoms in total. The van der Waals surface area contributed by atoms with E-state index >= 15 is 0 Å². The molecule has 1 unspecified atom stereocenters. The molecule has 1 atom stereocenters. The molecule has 0 saturated carbocycles. The monoisotopic (exact) mass is 346 g/mol. The van der Waals surface area contributed by atoms with Gasteiger partial charge in [-0.3, -0.25) is 9.29 Å². The standard InChI is InChI=1S/C16H14N2O5S/c19-14-7-8-18(13-4-2-1-3-11(13)14)24(21,22)10-5-6-12-15(9-10)23-16(20)17-12/h1-6,9,14,19H,7-8H2,(H,17,20). The summed E-state index contributed by atoms with van der Waals surface area (Å²) in [5, 5.41) is 10.1. The van der Waals surface area contributed by atoms with Crippen LogP contribution in [0, 0.1) is 0 Å². The average molecular weight is 346 g/mol. The molecule has 0 aliphatic carbocycles. The number of nitrogens with one attached hydrogen (secondary N) is 1. The first-order valence-corrected chi connectivity index (χ1v) is 8.83. The molecule has 0 bridgehead atoms. The second kappa shape index (κ2) is 5.22. The van der Waals surface area contributed by atoms with Gasteiger partial charge in [-0.2, -0.15) is 0 Å². The van der Waals surface area contributed by atoms with Crippen LogP contribution in [0.1, 0.15) is 18.1 Å². The predicted molar refractivity (Wildman–Crippen MR) is 87.4 cm³/mol. The smallest absolute Gasteiger partial charge is 0.408 e. The molecule has 8 heteroatoms. The Morgan fingerprint density at radius 1 is 1.21 bits per heavy atom. The summed E-state index contributed by atoms with van der Waals surface area (Å²) < 4.78 is 32.3. The van der Waals surface area contributed by atoms with E-state index in [0.29, 0.717) is 23.2 Å². The average Bonchev–Trinajstić information content (AvgIpc) is 2.94. The first kappa shape index (κ1) is 15.0. The summed E-state index contributed by atoms with van der Waals surface area (Å²) in [6.07, 6.45) is -0.365. The van der Waals surface area contributed by atoms with Crippen molar-refractivity contribution in [3.8, 4) is 0 Å². The molecule has 0 radical (unpaired) electrons. The highest BCUT2D eigenvalue weighted by molar-refractivity contribution is 7.92. The molecule has 0 saturated heterocycles. The fourth-order valence-electron chi connectivity index (χ4n) is 2.97. The molecule has 1 aliphatic heterocycles. The molecule has 0 spiro atoms. The molecule has 2 heterocycles. The number of aromatic nitrogens is 1. The van der Waals surface area contributed by atoms with Gasteiger partial charge in [-0.25, -0.2) is 13.2 Å². The summed E-state index contributed by atoms with van der Waals surface area (Å²) >= 11 is 0. The van der Waals surface area contributed by atoms with Crippen LogP contribution in [0.5, 0.6) is 0 Å². The molecule has 3 aromatic rings. The number of aliphatic hydroxyl groups excluding tert-OH is 1. The third-order valence-electron chi connectivity index (χ3n) is 4.15. The first-order chi connectivity index (χ1) is 11.5. The van der Waals surface area contributed by atoms with Gasteiger partial charge in [0.2, 0.25) is 0 Å². The SMILES string of the molecule is O=c1[nH]c2ccc(S(=O)(=O)N3CCC(O)c4ccccc43)cc2o1. The topological polar surface area (TPSA) is 104 Å². The Kier molecular flexibility index (Phi) is 3.26. The van der Waals surface area contributed by atoms with Crippen molar-refractivity contribution in [2.45, 2.75) is 17.4 Å². The molecule has 0 fully saturated rings. The zero-order chi connectivity index (χ0) is 16.9. The minimum Gasteiger partial charge on any atom is -0.408 e. The van der Waals surface area contributed by atoms with E-state index in [4.69, 9.17) is 4.42 Å². The van der Waals surface area contributed by atoms with Crippen LogP contribution in [0.15, 0.2) is 56.6 Å². The van der Waals surface area contributed by atoms with Gasteiger partial charge in [-0.15, -0.1) is 0 Å². The number of nitrogens with zero attached hydrogens (tertiary/aromatic N) is 1. The van der Waals surface area contributed by atoms with Gasteiger partial charge in [0.15, 0.2) is 5.58 Å². The molecule has 124 valence electrons. The molecule has 1 aliphatic rings. The van der Waals surface area contributed by atoms with Gasteiger partial charge in [-0.05, 0) is 24.6 Å². The largest absolute Gasteiger partial charge is 0.417 e. The lowest BCUT2D eigenvalue weighted by atomic mass is 10.0. The van der Waals surface area contributed by atoms with Gasteiger partial charge in [0.1, 0.15) is 0 Å². The lowest BCUT2D eigenvalue weighted by molar-refractivity contribution is 0.166. The Morgan fingerprint density at radius 2 is 2.00 bits per heavy atom. The van der Waals surface area contributed by atoms with E-state index in [-0.39, 0.29) is 17.0 Å². The Bertz CT molecular complexity index is 1080. The molecular weight excluding hydrogens is 332 g/mol. The summed E-state index contributed by atoms with van der Waals surface area (Å²) in [4.78, 5) is 13.7. The molecule has 0 amide bonds. The van der Waals surface area contributed by atoms with Crippen LogP contribution in [-0.4, -0.2) is 25.1 Å². The normalized spacial score (nSPS) is 17.9. The maximum atomic E-state index is 13.0. The number of rotatable bonds is 2. The van der Waals surface area contributed by atoms with Crippen LogP contribution in [0.3, 0.4) is 0 Å². The van der Waals surface area contributed by atoms with E-state index in [1.807, 2.05) is 0 Å². The van der Waals surface area contributed by atoms with Crippen LogP contribution in [0.4, 0.5) is 5.69 Å². The van der Waals surface area contributed by atoms with Crippen molar-refractivity contribution in [2.75, 3.05) is 10.8 Å². The summed E-state index contributed by atoms with van der Waals surface area (Å²) in [6, 6.07) is 11.1. The number of anilines is 1. The second-order valence-electron chi connectivity index (χ2n) is 5.61. The van der Waals surface area contributed by atoms with E-state index in [1.165, 1.54) is 22.5 Å². The van der Waals surface area contributed by atoms with Gasteiger partial charge in [-0.1, -0.05) is 18.2 Å². The van der Waals surface area contributed by atoms with Crippen LogP contribution in [0.25, 0.3) is 11.1 Å². The van der Waals surface area contributed by atoms with Gasteiger partial charge in [0, 0.05) is 18.2 Å². The van der Waals surface area contributed by atoms with Crippen molar-refractivity contribution in [3.63, 3.8) is 0 Å². The van der Waals surface area contributed by atoms with Crippen molar-refractivity contribution < 1.29 is 17.9 Å². The Morgan fingerprint density at radius 3 is 2.83 bits per heavy atom. The van der Waals surface area contributed by atoms with Gasteiger partial charge < -0.3 is 9.52 Å². The van der Waals surface area contributed by atoms with E-state index < -0.39 is 21.9 Å². The third kappa shape index (κ3) is 2.22. The van der Waals surface area contributed by atoms with Gasteiger partial charge in [0.05, 0.1) is 22.2 Å². The van der Waals surface area contributed by atoms with E-state index in [9.17, 15) is 18.3 Å². The number of aliphatic hydroxyl groups is 1. The van der Waals surface area contributed by atoms with Crippen LogP contribution in [0.2, 0.25) is 0 Å². The van der Waals surface area contributed by atoms with Crippen LogP contribution < -0.4 is 10.1 Å². The van der Waals surface area contributed by atoms with E-state index in [1.54, 1.807) is 24.3 Å². The number of para-hydroxylation sites is 1. The van der Waals surface area contributed by atoms with Gasteiger partial charge in [0.25, 0.3) is 10.0 Å². The second-order valence-corrected chi connectivity index (χ2v) is 7.48. The number of aromatic amines is 1. The minimum atomic E-state index is -3.83. The number of benzene rings is 2. The van der Waals surface area contributed by atoms with E-state index in [0.717, 1.165) is 0 Å². The quantitative estimate of drug-likeness (QED) is 0.736. The van der Waals surface area contributed by atoms with E-state index in [2.05, 4.69) is 4.98 Å². The predicted octanol–water partition coefficient (Wildman–Crippen LogP) is 1.75. The molecule has 1 aromatic heterocycles. The minimum absolute atomic E-state index is 0.0314. The Hall–Kier alpha value is -2.58. The maximum absolute atomic E-state index is 13.0. The lowest BCUT2D eigenvalue weighted by Gasteiger charge is -2.32. The third-order valence-corrected chi connectivity index (χ3v) is 5.96. The first-order valence-electron chi connectivity index (χ1n) is 7.39. The zero-order valence-electron chi connectivity index (χ0n) is 12.5. The molecule has 4 rings (SSSR count). The molecule has 2 aromatic carbocycles. The summed E-state index contributed by atoms with van der Waals surface area (Å²) in [6.45, 7) is 0.176.